The first-order valence-electron chi connectivity index (χ1n) is 8.12. The minimum atomic E-state index is -0.306. The van der Waals surface area contributed by atoms with Crippen LogP contribution in [0.2, 0.25) is 10.0 Å². The molecule has 0 radical (unpaired) electrons. The monoisotopic (exact) mass is 385 g/mol. The third kappa shape index (κ3) is 4.97. The highest BCUT2D eigenvalue weighted by atomic mass is 35.5. The standard InChI is InChI=1S/C20H17Cl2N3O/c21-17-8-6-15(12-18(17)22)25-20(26)19-9-7-16(13-24-19)23-11-10-14-4-2-1-3-5-14/h1-9,12-13,23H,10-11H2,(H,25,26). The molecule has 0 aliphatic heterocycles. The minimum absolute atomic E-state index is 0.306. The third-order valence-electron chi connectivity index (χ3n) is 3.76. The Labute approximate surface area is 162 Å². The second kappa shape index (κ2) is 8.70. The van der Waals surface area contributed by atoms with Crippen LogP contribution in [0.25, 0.3) is 0 Å². The lowest BCUT2D eigenvalue weighted by molar-refractivity contribution is 0.102. The van der Waals surface area contributed by atoms with E-state index in [-0.39, 0.29) is 5.91 Å². The number of amides is 1. The predicted octanol–water partition coefficient (Wildman–Crippen LogP) is 5.30. The zero-order valence-electron chi connectivity index (χ0n) is 13.9. The number of hydrogen-bond acceptors (Lipinski definition) is 3. The van der Waals surface area contributed by atoms with Crippen LogP contribution in [0, 0.1) is 0 Å². The fraction of sp³-hybridized carbons (Fsp3) is 0.100. The van der Waals surface area contributed by atoms with Gasteiger partial charge >= 0.3 is 0 Å². The summed E-state index contributed by atoms with van der Waals surface area (Å²) in [5.41, 5.74) is 3.03. The van der Waals surface area contributed by atoms with E-state index in [2.05, 4.69) is 27.8 Å². The Hall–Kier alpha value is -2.56. The SMILES string of the molecule is O=C(Nc1ccc(Cl)c(Cl)c1)c1ccc(NCCc2ccccc2)cn1. The number of rotatable bonds is 6. The van der Waals surface area contributed by atoms with Crippen LogP contribution in [0.1, 0.15) is 16.1 Å². The van der Waals surface area contributed by atoms with Gasteiger partial charge in [0.1, 0.15) is 5.69 Å². The summed E-state index contributed by atoms with van der Waals surface area (Å²) in [7, 11) is 0. The van der Waals surface area contributed by atoms with Gasteiger partial charge in [-0.3, -0.25) is 4.79 Å². The van der Waals surface area contributed by atoms with Gasteiger partial charge in [-0.1, -0.05) is 53.5 Å². The van der Waals surface area contributed by atoms with Gasteiger partial charge in [0.25, 0.3) is 5.91 Å². The number of nitrogens with one attached hydrogen (secondary N) is 2. The second-order valence-electron chi connectivity index (χ2n) is 5.68. The van der Waals surface area contributed by atoms with Gasteiger partial charge in [-0.05, 0) is 42.3 Å². The number of hydrogen-bond donors (Lipinski definition) is 2. The normalized spacial score (nSPS) is 10.4. The summed E-state index contributed by atoms with van der Waals surface area (Å²) >= 11 is 11.8. The minimum Gasteiger partial charge on any atom is -0.383 e. The van der Waals surface area contributed by atoms with Crippen molar-refractivity contribution in [1.29, 1.82) is 0 Å². The number of nitrogens with zero attached hydrogens (tertiary/aromatic N) is 1. The van der Waals surface area contributed by atoms with Gasteiger partial charge in [0, 0.05) is 12.2 Å². The molecule has 0 atom stereocenters. The van der Waals surface area contributed by atoms with E-state index in [0.29, 0.717) is 21.4 Å². The zero-order chi connectivity index (χ0) is 18.4. The van der Waals surface area contributed by atoms with Crippen molar-refractivity contribution in [3.05, 3.63) is 88.2 Å². The van der Waals surface area contributed by atoms with Crippen LogP contribution >= 0.6 is 23.2 Å². The topological polar surface area (TPSA) is 54.0 Å². The van der Waals surface area contributed by atoms with E-state index in [4.69, 9.17) is 23.2 Å². The summed E-state index contributed by atoms with van der Waals surface area (Å²) in [5, 5.41) is 6.87. The fourth-order valence-corrected chi connectivity index (χ4v) is 2.70. The summed E-state index contributed by atoms with van der Waals surface area (Å²) in [6, 6.07) is 18.7. The first-order valence-corrected chi connectivity index (χ1v) is 8.88. The maximum absolute atomic E-state index is 12.3. The first-order chi connectivity index (χ1) is 12.6. The third-order valence-corrected chi connectivity index (χ3v) is 4.50. The smallest absolute Gasteiger partial charge is 0.274 e. The van der Waals surface area contributed by atoms with Crippen LogP contribution in [-0.4, -0.2) is 17.4 Å². The van der Waals surface area contributed by atoms with Gasteiger partial charge in [0.2, 0.25) is 0 Å². The fourth-order valence-electron chi connectivity index (χ4n) is 2.40. The Bertz CT molecular complexity index is 883. The Morgan fingerprint density at radius 3 is 2.38 bits per heavy atom. The molecule has 26 heavy (non-hydrogen) atoms. The van der Waals surface area contributed by atoms with Crippen LogP contribution in [0.4, 0.5) is 11.4 Å². The summed E-state index contributed by atoms with van der Waals surface area (Å²) < 4.78 is 0. The van der Waals surface area contributed by atoms with Gasteiger partial charge in [0.05, 0.1) is 21.9 Å². The van der Waals surface area contributed by atoms with Crippen molar-refractivity contribution in [3.8, 4) is 0 Å². The van der Waals surface area contributed by atoms with Gasteiger partial charge in [-0.2, -0.15) is 0 Å². The van der Waals surface area contributed by atoms with Gasteiger partial charge in [0.15, 0.2) is 0 Å². The van der Waals surface area contributed by atoms with Crippen molar-refractivity contribution in [2.24, 2.45) is 0 Å². The Morgan fingerprint density at radius 2 is 1.69 bits per heavy atom. The molecule has 0 saturated heterocycles. The lowest BCUT2D eigenvalue weighted by Crippen LogP contribution is -2.14. The van der Waals surface area contributed by atoms with Gasteiger partial charge < -0.3 is 10.6 Å². The molecule has 2 N–H and O–H groups in total. The van der Waals surface area contributed by atoms with Crippen LogP contribution in [-0.2, 0) is 6.42 Å². The molecule has 3 aromatic rings. The Kier molecular flexibility index (Phi) is 6.10. The molecule has 0 aliphatic carbocycles. The second-order valence-corrected chi connectivity index (χ2v) is 6.49. The first kappa shape index (κ1) is 18.2. The molecule has 0 saturated carbocycles. The predicted molar refractivity (Wildman–Crippen MR) is 107 cm³/mol. The number of anilines is 2. The molecule has 1 heterocycles. The molecule has 2 aromatic carbocycles. The molecule has 0 bridgehead atoms. The molecular formula is C20H17Cl2N3O. The number of carbonyl (C=O) groups is 1. The zero-order valence-corrected chi connectivity index (χ0v) is 15.4. The highest BCUT2D eigenvalue weighted by Crippen LogP contribution is 2.25. The van der Waals surface area contributed by atoms with Crippen LogP contribution in [0.15, 0.2) is 66.9 Å². The molecule has 0 fully saturated rings. The van der Waals surface area contributed by atoms with Gasteiger partial charge in [-0.25, -0.2) is 4.98 Å². The van der Waals surface area contributed by atoms with Crippen molar-refractivity contribution in [2.45, 2.75) is 6.42 Å². The van der Waals surface area contributed by atoms with Gasteiger partial charge in [-0.15, -0.1) is 0 Å². The summed E-state index contributed by atoms with van der Waals surface area (Å²) in [6.07, 6.45) is 2.56. The lowest BCUT2D eigenvalue weighted by atomic mass is 10.1. The van der Waals surface area contributed by atoms with E-state index in [9.17, 15) is 4.79 Å². The average molecular weight is 386 g/mol. The van der Waals surface area contributed by atoms with Crippen molar-refractivity contribution in [1.82, 2.24) is 4.98 Å². The summed E-state index contributed by atoms with van der Waals surface area (Å²) in [6.45, 7) is 0.792. The highest BCUT2D eigenvalue weighted by Gasteiger charge is 2.09. The molecule has 0 aliphatic rings. The Morgan fingerprint density at radius 1 is 0.923 bits per heavy atom. The molecule has 3 rings (SSSR count). The van der Waals surface area contributed by atoms with Crippen LogP contribution in [0.3, 0.4) is 0 Å². The molecule has 4 nitrogen and oxygen atoms in total. The molecule has 132 valence electrons. The van der Waals surface area contributed by atoms with Crippen molar-refractivity contribution < 1.29 is 4.79 Å². The van der Waals surface area contributed by atoms with Crippen molar-refractivity contribution in [3.63, 3.8) is 0 Å². The molecule has 0 spiro atoms. The number of aromatic nitrogens is 1. The van der Waals surface area contributed by atoms with Crippen LogP contribution in [0.5, 0.6) is 0 Å². The maximum atomic E-state index is 12.3. The highest BCUT2D eigenvalue weighted by molar-refractivity contribution is 6.42. The van der Waals surface area contributed by atoms with Crippen molar-refractivity contribution in [2.75, 3.05) is 17.2 Å². The Balaban J connectivity index is 1.54. The summed E-state index contributed by atoms with van der Waals surface area (Å²) in [5.74, 6) is -0.306. The maximum Gasteiger partial charge on any atom is 0.274 e. The number of pyridine rings is 1. The van der Waals surface area contributed by atoms with E-state index in [1.54, 1.807) is 30.5 Å². The number of halogens is 2. The van der Waals surface area contributed by atoms with E-state index < -0.39 is 0 Å². The molecule has 1 amide bonds. The van der Waals surface area contributed by atoms with Crippen LogP contribution < -0.4 is 10.6 Å². The molecule has 1 aromatic heterocycles. The molecule has 0 unspecified atom stereocenters. The molecular weight excluding hydrogens is 369 g/mol. The summed E-state index contributed by atoms with van der Waals surface area (Å²) in [4.78, 5) is 16.5. The average Bonchev–Trinajstić information content (AvgIpc) is 2.66. The van der Waals surface area contributed by atoms with E-state index in [0.717, 1.165) is 18.7 Å². The van der Waals surface area contributed by atoms with E-state index in [1.807, 2.05) is 24.3 Å². The number of benzene rings is 2. The molecule has 6 heteroatoms. The largest absolute Gasteiger partial charge is 0.383 e. The van der Waals surface area contributed by atoms with Crippen molar-refractivity contribution >= 4 is 40.5 Å². The van der Waals surface area contributed by atoms with E-state index >= 15 is 0 Å². The van der Waals surface area contributed by atoms with E-state index in [1.165, 1.54) is 5.56 Å². The quantitative estimate of drug-likeness (QED) is 0.605. The number of carbonyl (C=O) groups excluding carboxylic acids is 1. The lowest BCUT2D eigenvalue weighted by Gasteiger charge is -2.08.